The highest BCUT2D eigenvalue weighted by Gasteiger charge is 2.34. The Bertz CT molecular complexity index is 1390. The second kappa shape index (κ2) is 14.0. The minimum absolute atomic E-state index is 0.0534. The molecule has 0 aromatic heterocycles. The van der Waals surface area contributed by atoms with Crippen molar-refractivity contribution < 1.29 is 22.7 Å². The number of ether oxygens (including phenoxy) is 1. The molecule has 0 aliphatic carbocycles. The quantitative estimate of drug-likeness (QED) is 0.317. The van der Waals surface area contributed by atoms with Gasteiger partial charge in [0.05, 0.1) is 17.7 Å². The number of benzene rings is 3. The van der Waals surface area contributed by atoms with E-state index in [0.717, 1.165) is 21.9 Å². The molecule has 0 unspecified atom stereocenters. The van der Waals surface area contributed by atoms with Gasteiger partial charge >= 0.3 is 0 Å². The van der Waals surface area contributed by atoms with Crippen LogP contribution in [0.2, 0.25) is 0 Å². The molecule has 40 heavy (non-hydrogen) atoms. The van der Waals surface area contributed by atoms with E-state index >= 15 is 0 Å². The topological polar surface area (TPSA) is 96.0 Å². The first-order valence-corrected chi connectivity index (χ1v) is 14.9. The standard InChI is InChI=1S/C31H39N3O5S/c1-6-24(4)32-31(36)29(7-2)33(21-25-15-12-11-14-23(25)3)30(35)22-34(26-16-13-17-27(20-26)39-5)40(37,38)28-18-9-8-10-19-28/h8-20,24,29H,6-7,21-22H2,1-5H3,(H,32,36)/t24-,29+/m0/s1. The molecule has 2 amide bonds. The monoisotopic (exact) mass is 565 g/mol. The Kier molecular flexibility index (Phi) is 10.7. The van der Waals surface area contributed by atoms with E-state index < -0.39 is 28.5 Å². The van der Waals surface area contributed by atoms with Crippen LogP contribution in [0.3, 0.4) is 0 Å². The van der Waals surface area contributed by atoms with Crippen LogP contribution in [0.25, 0.3) is 0 Å². The highest BCUT2D eigenvalue weighted by molar-refractivity contribution is 7.92. The number of nitrogens with one attached hydrogen (secondary N) is 1. The van der Waals surface area contributed by atoms with Gasteiger partial charge < -0.3 is 15.0 Å². The summed E-state index contributed by atoms with van der Waals surface area (Å²) in [6.45, 7) is 7.34. The summed E-state index contributed by atoms with van der Waals surface area (Å²) in [5.41, 5.74) is 2.13. The van der Waals surface area contributed by atoms with Crippen LogP contribution in [0.15, 0.2) is 83.8 Å². The lowest BCUT2D eigenvalue weighted by Gasteiger charge is -2.34. The van der Waals surface area contributed by atoms with Gasteiger partial charge in [0.15, 0.2) is 0 Å². The molecule has 0 aliphatic heterocycles. The number of anilines is 1. The van der Waals surface area contributed by atoms with E-state index in [9.17, 15) is 18.0 Å². The first kappa shape index (κ1) is 30.7. The second-order valence-corrected chi connectivity index (χ2v) is 11.6. The molecule has 9 heteroatoms. The molecule has 3 aromatic carbocycles. The zero-order chi connectivity index (χ0) is 29.3. The van der Waals surface area contributed by atoms with Crippen LogP contribution in [-0.4, -0.2) is 50.9 Å². The third-order valence-corrected chi connectivity index (χ3v) is 8.73. The molecule has 1 N–H and O–H groups in total. The molecular formula is C31H39N3O5S. The van der Waals surface area contributed by atoms with Crippen LogP contribution < -0.4 is 14.4 Å². The maximum Gasteiger partial charge on any atom is 0.264 e. The molecule has 2 atom stereocenters. The fraction of sp³-hybridized carbons (Fsp3) is 0.355. The highest BCUT2D eigenvalue weighted by atomic mass is 32.2. The van der Waals surface area contributed by atoms with Crippen molar-refractivity contribution in [2.75, 3.05) is 18.0 Å². The van der Waals surface area contributed by atoms with Gasteiger partial charge in [0.25, 0.3) is 10.0 Å². The van der Waals surface area contributed by atoms with Gasteiger partial charge in [-0.3, -0.25) is 13.9 Å². The minimum atomic E-state index is -4.13. The van der Waals surface area contributed by atoms with Gasteiger partial charge in [-0.05, 0) is 62.1 Å². The van der Waals surface area contributed by atoms with Gasteiger partial charge in [0, 0.05) is 18.7 Å². The van der Waals surface area contributed by atoms with E-state index in [1.165, 1.54) is 24.1 Å². The first-order valence-electron chi connectivity index (χ1n) is 13.5. The Hall–Kier alpha value is -3.85. The Balaban J connectivity index is 2.08. The normalized spacial score (nSPS) is 12.7. The largest absolute Gasteiger partial charge is 0.497 e. The molecular weight excluding hydrogens is 526 g/mol. The summed E-state index contributed by atoms with van der Waals surface area (Å²) in [6.07, 6.45) is 1.11. The van der Waals surface area contributed by atoms with Crippen LogP contribution in [0.5, 0.6) is 5.75 Å². The number of nitrogens with zero attached hydrogens (tertiary/aromatic N) is 2. The number of hydrogen-bond donors (Lipinski definition) is 1. The summed E-state index contributed by atoms with van der Waals surface area (Å²) < 4.78 is 34.2. The summed E-state index contributed by atoms with van der Waals surface area (Å²) >= 11 is 0. The third-order valence-electron chi connectivity index (χ3n) is 6.94. The van der Waals surface area contributed by atoms with Crippen molar-refractivity contribution in [3.63, 3.8) is 0 Å². The van der Waals surface area contributed by atoms with Crippen molar-refractivity contribution in [2.24, 2.45) is 0 Å². The Morgan fingerprint density at radius 2 is 1.60 bits per heavy atom. The third kappa shape index (κ3) is 7.41. The van der Waals surface area contributed by atoms with Gasteiger partial charge in [0.1, 0.15) is 18.3 Å². The lowest BCUT2D eigenvalue weighted by atomic mass is 10.1. The van der Waals surface area contributed by atoms with E-state index in [-0.39, 0.29) is 29.1 Å². The number of carbonyl (C=O) groups is 2. The predicted molar refractivity (Wildman–Crippen MR) is 158 cm³/mol. The van der Waals surface area contributed by atoms with Crippen molar-refractivity contribution in [1.29, 1.82) is 0 Å². The number of aryl methyl sites for hydroxylation is 1. The maximum atomic E-state index is 14.1. The average molecular weight is 566 g/mol. The number of sulfonamides is 1. The number of amides is 2. The van der Waals surface area contributed by atoms with Crippen molar-refractivity contribution in [3.8, 4) is 5.75 Å². The maximum absolute atomic E-state index is 14.1. The fourth-order valence-corrected chi connectivity index (χ4v) is 5.77. The van der Waals surface area contributed by atoms with Crippen LogP contribution in [0.1, 0.15) is 44.7 Å². The lowest BCUT2D eigenvalue weighted by molar-refractivity contribution is -0.140. The summed E-state index contributed by atoms with van der Waals surface area (Å²) in [7, 11) is -2.64. The molecule has 0 aliphatic rings. The van der Waals surface area contributed by atoms with Gasteiger partial charge in [-0.15, -0.1) is 0 Å². The Morgan fingerprint density at radius 1 is 0.925 bits per heavy atom. The average Bonchev–Trinajstić information content (AvgIpc) is 2.96. The van der Waals surface area contributed by atoms with Crippen molar-refractivity contribution in [1.82, 2.24) is 10.2 Å². The van der Waals surface area contributed by atoms with Crippen LogP contribution in [0.4, 0.5) is 5.69 Å². The summed E-state index contributed by atoms with van der Waals surface area (Å²) in [5, 5.41) is 2.99. The Labute approximate surface area is 238 Å². The van der Waals surface area contributed by atoms with Crippen molar-refractivity contribution in [2.45, 2.75) is 64.1 Å². The zero-order valence-electron chi connectivity index (χ0n) is 23.8. The summed E-state index contributed by atoms with van der Waals surface area (Å²) in [4.78, 5) is 29.1. The predicted octanol–water partition coefficient (Wildman–Crippen LogP) is 4.92. The van der Waals surface area contributed by atoms with E-state index in [1.54, 1.807) is 42.5 Å². The minimum Gasteiger partial charge on any atom is -0.497 e. The highest BCUT2D eigenvalue weighted by Crippen LogP contribution is 2.28. The molecule has 214 valence electrons. The van der Waals surface area contributed by atoms with Crippen LogP contribution >= 0.6 is 0 Å². The Morgan fingerprint density at radius 3 is 2.23 bits per heavy atom. The molecule has 0 saturated heterocycles. The van der Waals surface area contributed by atoms with Gasteiger partial charge in [0.2, 0.25) is 11.8 Å². The first-order chi connectivity index (χ1) is 19.1. The van der Waals surface area contributed by atoms with Gasteiger partial charge in [-0.2, -0.15) is 0 Å². The van der Waals surface area contributed by atoms with Crippen molar-refractivity contribution in [3.05, 3.63) is 90.0 Å². The molecule has 3 rings (SSSR count). The number of hydrogen-bond acceptors (Lipinski definition) is 5. The molecule has 0 radical (unpaired) electrons. The van der Waals surface area contributed by atoms with E-state index in [0.29, 0.717) is 12.2 Å². The summed E-state index contributed by atoms with van der Waals surface area (Å²) in [6, 6.07) is 21.4. The molecule has 0 bridgehead atoms. The molecule has 0 heterocycles. The van der Waals surface area contributed by atoms with E-state index in [4.69, 9.17) is 4.74 Å². The number of methoxy groups -OCH3 is 1. The molecule has 3 aromatic rings. The summed E-state index contributed by atoms with van der Waals surface area (Å²) in [5.74, 6) is -0.302. The van der Waals surface area contributed by atoms with Gasteiger partial charge in [-0.25, -0.2) is 8.42 Å². The van der Waals surface area contributed by atoms with Crippen LogP contribution in [-0.2, 0) is 26.2 Å². The van der Waals surface area contributed by atoms with E-state index in [2.05, 4.69) is 5.32 Å². The molecule has 8 nitrogen and oxygen atoms in total. The SMILES string of the molecule is CC[C@H](C(=O)N[C@@H](C)CC)N(Cc1ccccc1C)C(=O)CN(c1cccc(OC)c1)S(=O)(=O)c1ccccc1. The molecule has 0 saturated carbocycles. The fourth-order valence-electron chi connectivity index (χ4n) is 4.35. The molecule has 0 spiro atoms. The molecule has 0 fully saturated rings. The van der Waals surface area contributed by atoms with E-state index in [1.807, 2.05) is 52.0 Å². The number of rotatable bonds is 13. The lowest BCUT2D eigenvalue weighted by Crippen LogP contribution is -2.53. The van der Waals surface area contributed by atoms with Gasteiger partial charge in [-0.1, -0.05) is 62.4 Å². The zero-order valence-corrected chi connectivity index (χ0v) is 24.6. The second-order valence-electron chi connectivity index (χ2n) is 9.72. The smallest absolute Gasteiger partial charge is 0.264 e. The van der Waals surface area contributed by atoms with Crippen molar-refractivity contribution >= 4 is 27.5 Å². The van der Waals surface area contributed by atoms with Crippen LogP contribution in [0, 0.1) is 6.92 Å². The number of carbonyl (C=O) groups excluding carboxylic acids is 2.